The van der Waals surface area contributed by atoms with E-state index in [-0.39, 0.29) is 48.7 Å². The molecule has 1 aliphatic rings. The summed E-state index contributed by atoms with van der Waals surface area (Å²) < 4.78 is 56.1. The van der Waals surface area contributed by atoms with Crippen LogP contribution in [0.2, 0.25) is 18.1 Å². The lowest BCUT2D eigenvalue weighted by Gasteiger charge is -2.42. The van der Waals surface area contributed by atoms with Gasteiger partial charge < -0.3 is 37.2 Å². The van der Waals surface area contributed by atoms with E-state index in [0.29, 0.717) is 16.5 Å². The molecule has 1 saturated heterocycles. The van der Waals surface area contributed by atoms with Gasteiger partial charge in [-0.2, -0.15) is 10.2 Å². The lowest BCUT2D eigenvalue weighted by molar-refractivity contribution is -0.150. The third kappa shape index (κ3) is 13.2. The molecule has 5 rings (SSSR count). The van der Waals surface area contributed by atoms with Gasteiger partial charge >= 0.3 is 11.7 Å². The van der Waals surface area contributed by atoms with Gasteiger partial charge in [0.25, 0.3) is 8.53 Å². The summed E-state index contributed by atoms with van der Waals surface area (Å²) in [6, 6.07) is 29.5. The molecule has 1 aliphatic heterocycles. The molecule has 14 nitrogen and oxygen atoms in total. The van der Waals surface area contributed by atoms with E-state index in [9.17, 15) is 14.9 Å². The van der Waals surface area contributed by atoms with Crippen LogP contribution in [0.4, 0.5) is 0 Å². The van der Waals surface area contributed by atoms with Crippen molar-refractivity contribution in [3.05, 3.63) is 118 Å². The van der Waals surface area contributed by atoms with Crippen LogP contribution in [0.5, 0.6) is 11.5 Å². The highest BCUT2D eigenvalue weighted by atomic mass is 32.2. The molecule has 1 unspecified atom stereocenters. The number of hydrogen-bond acceptors (Lipinski definition) is 14. The van der Waals surface area contributed by atoms with Crippen LogP contribution in [-0.2, 0) is 38.1 Å². The van der Waals surface area contributed by atoms with E-state index in [1.807, 2.05) is 78.9 Å². The molecule has 1 fully saturated rings. The average molecular weight is 991 g/mol. The summed E-state index contributed by atoms with van der Waals surface area (Å²) >= 11 is 1.15. The number of ether oxygens (including phenoxy) is 5. The highest BCUT2D eigenvalue weighted by Gasteiger charge is 2.54. The molecule has 0 amide bonds. The predicted molar refractivity (Wildman–Crippen MR) is 269 cm³/mol. The summed E-state index contributed by atoms with van der Waals surface area (Å²) in [4.78, 5) is 31.2. The summed E-state index contributed by atoms with van der Waals surface area (Å²) in [6.45, 7) is 24.5. The number of carbonyl (C=O) groups excluding carboxylic acids is 1. The fraction of sp³-hybridized carbons (Fsp3) is 0.529. The molecule has 0 spiro atoms. The van der Waals surface area contributed by atoms with E-state index in [4.69, 9.17) is 37.2 Å². The van der Waals surface area contributed by atoms with E-state index in [2.05, 4.69) is 77.3 Å². The number of nitriles is 1. The lowest BCUT2D eigenvalue weighted by atomic mass is 9.80. The maximum Gasteiger partial charge on any atom is 0.350 e. The second-order valence-corrected chi connectivity index (χ2v) is 26.8. The Morgan fingerprint density at radius 2 is 1.43 bits per heavy atom. The molecule has 0 radical (unpaired) electrons. The summed E-state index contributed by atoms with van der Waals surface area (Å²) in [5.41, 5.74) is 0.0222. The van der Waals surface area contributed by atoms with Crippen LogP contribution in [0.15, 0.2) is 101 Å². The van der Waals surface area contributed by atoms with Gasteiger partial charge in [0.05, 0.1) is 45.3 Å². The van der Waals surface area contributed by atoms with Crippen LogP contribution >= 0.6 is 20.3 Å². The predicted octanol–water partition coefficient (Wildman–Crippen LogP) is 10.9. The Hall–Kier alpha value is -4.14. The van der Waals surface area contributed by atoms with E-state index >= 15 is 0 Å². The van der Waals surface area contributed by atoms with E-state index < -0.39 is 58.1 Å². The second-order valence-electron chi connectivity index (χ2n) is 19.7. The minimum atomic E-state index is -2.68. The van der Waals surface area contributed by atoms with Crippen molar-refractivity contribution in [3.63, 3.8) is 0 Å². The molecule has 5 atom stereocenters. The molecule has 0 bridgehead atoms. The molecule has 370 valence electrons. The van der Waals surface area contributed by atoms with Crippen LogP contribution in [0.25, 0.3) is 0 Å². The van der Waals surface area contributed by atoms with Crippen LogP contribution < -0.4 is 15.2 Å². The summed E-state index contributed by atoms with van der Waals surface area (Å²) in [5.74, 6) is 1.00. The maximum atomic E-state index is 14.3. The third-order valence-electron chi connectivity index (χ3n) is 12.1. The van der Waals surface area contributed by atoms with Crippen molar-refractivity contribution in [2.45, 2.75) is 141 Å². The number of carbonyl (C=O) groups is 1. The van der Waals surface area contributed by atoms with Gasteiger partial charge in [-0.3, -0.25) is 9.36 Å². The number of esters is 1. The summed E-state index contributed by atoms with van der Waals surface area (Å²) in [5, 5.41) is 9.72. The molecule has 3 aromatic carbocycles. The average Bonchev–Trinajstić information content (AvgIpc) is 3.61. The molecule has 0 aliphatic carbocycles. The van der Waals surface area contributed by atoms with Gasteiger partial charge in [0, 0.05) is 18.3 Å². The van der Waals surface area contributed by atoms with E-state index in [1.165, 1.54) is 4.57 Å². The van der Waals surface area contributed by atoms with Crippen molar-refractivity contribution in [3.8, 4) is 17.6 Å². The van der Waals surface area contributed by atoms with Crippen molar-refractivity contribution in [2.24, 2.45) is 5.41 Å². The van der Waals surface area contributed by atoms with E-state index in [1.54, 1.807) is 47.3 Å². The van der Waals surface area contributed by atoms with Crippen LogP contribution in [0.1, 0.15) is 98.6 Å². The number of nitrogens with zero attached hydrogens (tertiary/aromatic N) is 4. The molecule has 1 aromatic heterocycles. The molecule has 0 saturated carbocycles. The van der Waals surface area contributed by atoms with Gasteiger partial charge in [0.2, 0.25) is 0 Å². The van der Waals surface area contributed by atoms with Crippen LogP contribution in [-0.4, -0.2) is 92.3 Å². The quantitative estimate of drug-likeness (QED) is 0.0107. The second kappa shape index (κ2) is 23.6. The first-order valence-electron chi connectivity index (χ1n) is 23.0. The zero-order chi connectivity index (χ0) is 50.0. The highest BCUT2D eigenvalue weighted by Crippen LogP contribution is 2.52. The normalized spacial score (nSPS) is 18.5. The third-order valence-corrected chi connectivity index (χ3v) is 19.5. The molecule has 0 N–H and O–H groups in total. The van der Waals surface area contributed by atoms with Crippen LogP contribution in [0.3, 0.4) is 0 Å². The summed E-state index contributed by atoms with van der Waals surface area (Å²) in [7, 11) is -1.26. The highest BCUT2D eigenvalue weighted by molar-refractivity contribution is 7.99. The SMILES string of the molecule is COc1ccc(C(OC[C@H]2O[C@@H](n3ccc(SCOC(=O)C(C)(C)C)nc3=O)[C@H](O[Si](C)(C)C(C)(C)C)[C@@H]2OP(OCCC#N)N(C(C)C)C(C)C)(c2ccccc2)c2ccc(OC)cc2)cc1. The van der Waals surface area contributed by atoms with Crippen molar-refractivity contribution < 1.29 is 42.0 Å². The minimum Gasteiger partial charge on any atom is -0.497 e. The Morgan fingerprint density at radius 1 is 0.868 bits per heavy atom. The molecular formula is C51H71N4O10PSSi. The molecule has 68 heavy (non-hydrogen) atoms. The number of benzene rings is 3. The van der Waals surface area contributed by atoms with Crippen molar-refractivity contribution in [2.75, 3.05) is 33.4 Å². The lowest BCUT2D eigenvalue weighted by Crippen LogP contribution is -2.50. The fourth-order valence-corrected chi connectivity index (χ4v) is 11.2. The van der Waals surface area contributed by atoms with Gasteiger partial charge in [-0.05, 0) is 114 Å². The monoisotopic (exact) mass is 990 g/mol. The Kier molecular flexibility index (Phi) is 19.1. The molecule has 17 heteroatoms. The maximum absolute atomic E-state index is 14.3. The summed E-state index contributed by atoms with van der Waals surface area (Å²) in [6.07, 6.45) is -1.83. The fourth-order valence-electron chi connectivity index (χ4n) is 7.55. The topological polar surface area (TPSA) is 153 Å². The minimum absolute atomic E-state index is 0.00816. The zero-order valence-electron chi connectivity index (χ0n) is 42.2. The van der Waals surface area contributed by atoms with Crippen molar-refractivity contribution in [1.82, 2.24) is 14.2 Å². The number of aromatic nitrogens is 2. The first-order chi connectivity index (χ1) is 32.1. The first kappa shape index (κ1) is 54.8. The van der Waals surface area contributed by atoms with Crippen LogP contribution in [0, 0.1) is 16.7 Å². The smallest absolute Gasteiger partial charge is 0.350 e. The van der Waals surface area contributed by atoms with Gasteiger partial charge in [-0.25, -0.2) is 9.46 Å². The van der Waals surface area contributed by atoms with Crippen molar-refractivity contribution in [1.29, 1.82) is 5.26 Å². The first-order valence-corrected chi connectivity index (χ1v) is 28.1. The number of thioether (sulfide) groups is 1. The van der Waals surface area contributed by atoms with Crippen molar-refractivity contribution >= 4 is 34.6 Å². The number of rotatable bonds is 22. The Bertz CT molecular complexity index is 2280. The molecule has 2 heterocycles. The van der Waals surface area contributed by atoms with Gasteiger partial charge in [-0.15, -0.1) is 0 Å². The Morgan fingerprint density at radius 3 is 1.91 bits per heavy atom. The zero-order valence-corrected chi connectivity index (χ0v) is 44.9. The molecule has 4 aromatic rings. The Balaban J connectivity index is 1.70. The standard InChI is InChI=1S/C51H71N4O10PSSi/c1-35(2)55(36(3)4)66(62-32-18-30-52)64-44-42(33-61-51(37-19-16-15-17-20-37,38-21-25-40(58-11)26-22-38)39-23-27-41(59-12)28-24-39)63-46(45(44)65-68(13,14)50(8,9)10)54-31-29-43(53-48(54)57)67-34-60-47(56)49(5,6)7/h15-17,19-29,31,35-36,42,44-46H,18,32-34H2,1-14H3/t42-,44-,45-,46-,66?/m1/s1. The molecular weight excluding hydrogens is 920 g/mol. The van der Waals surface area contributed by atoms with Gasteiger partial charge in [0.15, 0.2) is 14.5 Å². The largest absolute Gasteiger partial charge is 0.497 e. The van der Waals surface area contributed by atoms with E-state index in [0.717, 1.165) is 28.5 Å². The van der Waals surface area contributed by atoms with Gasteiger partial charge in [0.1, 0.15) is 46.4 Å². The number of methoxy groups -OCH3 is 2. The van der Waals surface area contributed by atoms with Gasteiger partial charge in [-0.1, -0.05) is 87.1 Å². The Labute approximate surface area is 410 Å². The number of hydrogen-bond donors (Lipinski definition) is 0.